The topological polar surface area (TPSA) is 61.9 Å². The quantitative estimate of drug-likeness (QED) is 0.626. The van der Waals surface area contributed by atoms with Gasteiger partial charge >= 0.3 is 6.18 Å². The summed E-state index contributed by atoms with van der Waals surface area (Å²) in [6.45, 7) is 1.83. The van der Waals surface area contributed by atoms with Crippen molar-refractivity contribution < 1.29 is 27.5 Å². The highest BCUT2D eigenvalue weighted by Crippen LogP contribution is 2.38. The minimum atomic E-state index is -4.30. The predicted octanol–water partition coefficient (Wildman–Crippen LogP) is 3.26. The summed E-state index contributed by atoms with van der Waals surface area (Å²) in [5.74, 6) is -0.283. The number of benzene rings is 1. The molecule has 11 heteroatoms. The number of carbonyl (C=O) groups is 2. The number of piperazine rings is 1. The molecule has 1 saturated heterocycles. The molecule has 0 radical (unpaired) electrons. The van der Waals surface area contributed by atoms with Crippen molar-refractivity contribution in [2.75, 3.05) is 51.3 Å². The van der Waals surface area contributed by atoms with Gasteiger partial charge in [0.15, 0.2) is 0 Å². The molecule has 1 unspecified atom stereocenters. The molecule has 1 aromatic carbocycles. The van der Waals surface area contributed by atoms with Gasteiger partial charge < -0.3 is 15.0 Å². The molecule has 166 valence electrons. The Morgan fingerprint density at radius 2 is 2.00 bits per heavy atom. The van der Waals surface area contributed by atoms with E-state index in [0.717, 1.165) is 4.90 Å². The summed E-state index contributed by atoms with van der Waals surface area (Å²) in [7, 11) is 0. The molecule has 0 spiro atoms. The van der Waals surface area contributed by atoms with Gasteiger partial charge in [-0.05, 0) is 24.6 Å². The van der Waals surface area contributed by atoms with E-state index >= 15 is 0 Å². The maximum Gasteiger partial charge on any atom is 0.411 e. The lowest BCUT2D eigenvalue weighted by Gasteiger charge is -2.35. The monoisotopic (exact) mass is 465 g/mol. The van der Waals surface area contributed by atoms with Crippen molar-refractivity contribution in [3.05, 3.63) is 23.2 Å². The second kappa shape index (κ2) is 10.2. The van der Waals surface area contributed by atoms with Gasteiger partial charge in [0, 0.05) is 55.7 Å². The minimum Gasteiger partial charge on any atom is -0.372 e. The standard InChI is InChI=1S/C19H23ClF3N3O3S/c20-13-2-3-15-14(10-13)24-18(28)16(30-15)11-17(27)26-7-5-25(6-8-26)4-1-9-29-12-19(21,22)23/h2-3,10,16H,1,4-9,11-12H2,(H,24,28). The number of hydrogen-bond acceptors (Lipinski definition) is 5. The number of alkyl halides is 3. The zero-order chi connectivity index (χ0) is 21.7. The first-order valence-electron chi connectivity index (χ1n) is 9.63. The van der Waals surface area contributed by atoms with Crippen molar-refractivity contribution in [1.82, 2.24) is 9.80 Å². The third-order valence-electron chi connectivity index (χ3n) is 4.87. The molecule has 30 heavy (non-hydrogen) atoms. The smallest absolute Gasteiger partial charge is 0.372 e. The Labute approximate surface area is 182 Å². The van der Waals surface area contributed by atoms with Crippen molar-refractivity contribution in [2.45, 2.75) is 29.2 Å². The van der Waals surface area contributed by atoms with Gasteiger partial charge in [-0.25, -0.2) is 0 Å². The van der Waals surface area contributed by atoms with E-state index in [1.54, 1.807) is 17.0 Å². The zero-order valence-corrected chi connectivity index (χ0v) is 17.8. The van der Waals surface area contributed by atoms with Crippen molar-refractivity contribution in [3.8, 4) is 0 Å². The average molecular weight is 466 g/mol. The summed E-state index contributed by atoms with van der Waals surface area (Å²) >= 11 is 7.31. The molecule has 1 atom stereocenters. The molecule has 3 rings (SSSR count). The lowest BCUT2D eigenvalue weighted by Crippen LogP contribution is -2.50. The fourth-order valence-corrected chi connectivity index (χ4v) is 4.60. The van der Waals surface area contributed by atoms with Gasteiger partial charge in [-0.3, -0.25) is 14.5 Å². The van der Waals surface area contributed by atoms with Crippen LogP contribution in [0.25, 0.3) is 0 Å². The number of anilines is 1. The van der Waals surface area contributed by atoms with E-state index in [1.807, 2.05) is 6.07 Å². The molecular formula is C19H23ClF3N3O3S. The lowest BCUT2D eigenvalue weighted by molar-refractivity contribution is -0.174. The van der Waals surface area contributed by atoms with Gasteiger partial charge in [-0.2, -0.15) is 13.2 Å². The largest absolute Gasteiger partial charge is 0.411 e. The Hall–Kier alpha value is -1.49. The van der Waals surface area contributed by atoms with Crippen LogP contribution in [0, 0.1) is 0 Å². The van der Waals surface area contributed by atoms with Gasteiger partial charge in [0.1, 0.15) is 6.61 Å². The summed E-state index contributed by atoms with van der Waals surface area (Å²) in [5.41, 5.74) is 0.661. The highest BCUT2D eigenvalue weighted by Gasteiger charge is 2.31. The molecule has 0 aromatic heterocycles. The number of halogens is 4. The second-order valence-electron chi connectivity index (χ2n) is 7.18. The summed E-state index contributed by atoms with van der Waals surface area (Å²) in [5, 5.41) is 2.85. The molecule has 0 saturated carbocycles. The zero-order valence-electron chi connectivity index (χ0n) is 16.2. The van der Waals surface area contributed by atoms with E-state index in [4.69, 9.17) is 11.6 Å². The Morgan fingerprint density at radius 1 is 1.27 bits per heavy atom. The molecule has 1 aromatic rings. The van der Waals surface area contributed by atoms with Gasteiger partial charge in [0.25, 0.3) is 0 Å². The Balaban J connectivity index is 1.38. The molecule has 2 aliphatic heterocycles. The Morgan fingerprint density at radius 3 is 2.70 bits per heavy atom. The lowest BCUT2D eigenvalue weighted by atomic mass is 10.2. The maximum atomic E-state index is 12.6. The fourth-order valence-electron chi connectivity index (χ4n) is 3.34. The summed E-state index contributed by atoms with van der Waals surface area (Å²) < 4.78 is 40.7. The van der Waals surface area contributed by atoms with E-state index in [9.17, 15) is 22.8 Å². The van der Waals surface area contributed by atoms with Crippen LogP contribution in [0.2, 0.25) is 5.02 Å². The van der Waals surface area contributed by atoms with Crippen LogP contribution in [-0.2, 0) is 14.3 Å². The number of ether oxygens (including phenoxy) is 1. The molecule has 0 aliphatic carbocycles. The van der Waals surface area contributed by atoms with Crippen molar-refractivity contribution in [1.29, 1.82) is 0 Å². The predicted molar refractivity (Wildman–Crippen MR) is 109 cm³/mol. The highest BCUT2D eigenvalue weighted by molar-refractivity contribution is 8.01. The summed E-state index contributed by atoms with van der Waals surface area (Å²) in [6.07, 6.45) is -3.68. The van der Waals surface area contributed by atoms with Crippen LogP contribution in [0.5, 0.6) is 0 Å². The molecule has 2 amide bonds. The Kier molecular flexibility index (Phi) is 7.89. The van der Waals surface area contributed by atoms with E-state index in [-0.39, 0.29) is 24.8 Å². The molecule has 1 N–H and O–H groups in total. The highest BCUT2D eigenvalue weighted by atomic mass is 35.5. The molecule has 2 aliphatic rings. The maximum absolute atomic E-state index is 12.6. The number of fused-ring (bicyclic) bond motifs is 1. The van der Waals surface area contributed by atoms with Crippen LogP contribution >= 0.6 is 23.4 Å². The van der Waals surface area contributed by atoms with Crippen molar-refractivity contribution in [2.24, 2.45) is 0 Å². The van der Waals surface area contributed by atoms with Crippen molar-refractivity contribution in [3.63, 3.8) is 0 Å². The molecule has 0 bridgehead atoms. The third-order valence-corrected chi connectivity index (χ3v) is 6.39. The number of nitrogens with zero attached hydrogens (tertiary/aromatic N) is 2. The van der Waals surface area contributed by atoms with Crippen LogP contribution < -0.4 is 5.32 Å². The fraction of sp³-hybridized carbons (Fsp3) is 0.579. The van der Waals surface area contributed by atoms with Gasteiger partial charge in [0.2, 0.25) is 11.8 Å². The van der Waals surface area contributed by atoms with E-state index in [2.05, 4.69) is 15.0 Å². The summed E-state index contributed by atoms with van der Waals surface area (Å²) in [4.78, 5) is 29.7. The van der Waals surface area contributed by atoms with E-state index in [0.29, 0.717) is 49.9 Å². The molecule has 6 nitrogen and oxygen atoms in total. The number of hydrogen-bond donors (Lipinski definition) is 1. The average Bonchev–Trinajstić information content (AvgIpc) is 2.68. The third kappa shape index (κ3) is 6.76. The van der Waals surface area contributed by atoms with E-state index in [1.165, 1.54) is 11.8 Å². The van der Waals surface area contributed by atoms with Gasteiger partial charge in [-0.15, -0.1) is 11.8 Å². The van der Waals surface area contributed by atoms with E-state index < -0.39 is 18.0 Å². The SMILES string of the molecule is O=C1Nc2cc(Cl)ccc2SC1CC(=O)N1CCN(CCCOCC(F)(F)F)CC1. The first-order valence-corrected chi connectivity index (χ1v) is 10.9. The van der Waals surface area contributed by atoms with Crippen LogP contribution in [0.1, 0.15) is 12.8 Å². The summed E-state index contributed by atoms with van der Waals surface area (Å²) in [6, 6.07) is 5.26. The molecule has 1 fully saturated rings. The Bertz CT molecular complexity index is 773. The first kappa shape index (κ1) is 23.2. The van der Waals surface area contributed by atoms with Crippen LogP contribution in [-0.4, -0.2) is 79.0 Å². The number of amides is 2. The normalized spacial score (nSPS) is 20.1. The first-order chi connectivity index (χ1) is 14.2. The number of thioether (sulfide) groups is 1. The van der Waals surface area contributed by atoms with Gasteiger partial charge in [-0.1, -0.05) is 11.6 Å². The number of carbonyl (C=O) groups excluding carboxylic acids is 2. The van der Waals surface area contributed by atoms with Crippen LogP contribution in [0.3, 0.4) is 0 Å². The van der Waals surface area contributed by atoms with Crippen LogP contribution in [0.15, 0.2) is 23.1 Å². The number of rotatable bonds is 7. The number of nitrogens with one attached hydrogen (secondary N) is 1. The molecule has 2 heterocycles. The van der Waals surface area contributed by atoms with Crippen LogP contribution in [0.4, 0.5) is 18.9 Å². The minimum absolute atomic E-state index is 0.0549. The van der Waals surface area contributed by atoms with Crippen molar-refractivity contribution >= 4 is 40.9 Å². The van der Waals surface area contributed by atoms with Gasteiger partial charge in [0.05, 0.1) is 10.9 Å². The molecular weight excluding hydrogens is 443 g/mol. The second-order valence-corrected chi connectivity index (χ2v) is 8.87.